The third-order valence-corrected chi connectivity index (χ3v) is 7.62. The van der Waals surface area contributed by atoms with Gasteiger partial charge in [-0.25, -0.2) is 4.98 Å². The molecule has 0 spiro atoms. The number of thioether (sulfide) groups is 1. The lowest BCUT2D eigenvalue weighted by atomic mass is 10.1. The van der Waals surface area contributed by atoms with E-state index in [1.54, 1.807) is 12.1 Å². The number of hydrogen-bond donors (Lipinski definition) is 2. The number of anilines is 1. The maximum absolute atomic E-state index is 12.7. The zero-order valence-electron chi connectivity index (χ0n) is 21.4. The van der Waals surface area contributed by atoms with Crippen LogP contribution >= 0.6 is 23.1 Å². The molecule has 0 aliphatic heterocycles. The smallest absolute Gasteiger partial charge is 0.258 e. The molecule has 0 bridgehead atoms. The molecule has 0 saturated carbocycles. The minimum atomic E-state index is -0.279. The number of carbonyl (C=O) groups excluding carboxylic acids is 2. The van der Waals surface area contributed by atoms with Gasteiger partial charge in [0.25, 0.3) is 5.91 Å². The Balaban J connectivity index is 1.28. The molecule has 5 rings (SSSR count). The maximum atomic E-state index is 12.7. The van der Waals surface area contributed by atoms with E-state index in [0.29, 0.717) is 21.9 Å². The van der Waals surface area contributed by atoms with Gasteiger partial charge in [-0.2, -0.15) is 0 Å². The number of fused-ring (bicyclic) bond motifs is 1. The first-order chi connectivity index (χ1) is 19.0. The Morgan fingerprint density at radius 1 is 0.974 bits per heavy atom. The molecular weight excluding hydrogens is 532 g/mol. The van der Waals surface area contributed by atoms with Gasteiger partial charge >= 0.3 is 0 Å². The van der Waals surface area contributed by atoms with Crippen LogP contribution in [0.3, 0.4) is 0 Å². The second-order valence-electron chi connectivity index (χ2n) is 8.73. The minimum Gasteiger partial charge on any atom is -0.484 e. The minimum absolute atomic E-state index is 0.116. The number of aromatic nitrogens is 4. The fraction of sp³-hybridized carbons (Fsp3) is 0.179. The molecule has 39 heavy (non-hydrogen) atoms. The highest BCUT2D eigenvalue weighted by Gasteiger charge is 2.19. The molecule has 3 aromatic carbocycles. The van der Waals surface area contributed by atoms with Crippen LogP contribution in [0.15, 0.2) is 78.0 Å². The van der Waals surface area contributed by atoms with E-state index in [0.717, 1.165) is 27.0 Å². The average molecular weight is 559 g/mol. The molecule has 198 valence electrons. The lowest BCUT2D eigenvalue weighted by Crippen LogP contribution is -2.29. The van der Waals surface area contributed by atoms with Crippen molar-refractivity contribution in [3.63, 3.8) is 0 Å². The van der Waals surface area contributed by atoms with Crippen LogP contribution < -0.4 is 15.4 Å². The SMILES string of the molecule is Cc1ccc(C)c(-n2c(CNC(=O)COc3ccccc3)nnc2SCC(=O)Nc2nc3ccccc3s2)c1. The van der Waals surface area contributed by atoms with Crippen molar-refractivity contribution in [1.82, 2.24) is 25.1 Å². The third-order valence-electron chi connectivity index (χ3n) is 5.74. The summed E-state index contributed by atoms with van der Waals surface area (Å²) in [7, 11) is 0. The highest BCUT2D eigenvalue weighted by atomic mass is 32.2. The summed E-state index contributed by atoms with van der Waals surface area (Å²) >= 11 is 2.70. The first-order valence-electron chi connectivity index (χ1n) is 12.2. The summed E-state index contributed by atoms with van der Waals surface area (Å²) in [4.78, 5) is 29.7. The van der Waals surface area contributed by atoms with Crippen molar-refractivity contribution >= 4 is 50.3 Å². The Morgan fingerprint density at radius 2 is 1.77 bits per heavy atom. The number of rotatable bonds is 10. The summed E-state index contributed by atoms with van der Waals surface area (Å²) in [6, 6.07) is 23.0. The molecule has 0 saturated heterocycles. The van der Waals surface area contributed by atoms with Crippen molar-refractivity contribution in [3.05, 3.63) is 89.7 Å². The molecule has 2 amide bonds. The summed E-state index contributed by atoms with van der Waals surface area (Å²) in [5.41, 5.74) is 3.82. The number of para-hydroxylation sites is 2. The molecular formula is C28H26N6O3S2. The molecule has 11 heteroatoms. The van der Waals surface area contributed by atoms with Crippen LogP contribution in [0, 0.1) is 13.8 Å². The molecule has 0 unspecified atom stereocenters. The summed E-state index contributed by atoms with van der Waals surface area (Å²) in [6.07, 6.45) is 0. The fourth-order valence-electron chi connectivity index (χ4n) is 3.82. The Bertz CT molecular complexity index is 1580. The van der Waals surface area contributed by atoms with Crippen molar-refractivity contribution in [1.29, 1.82) is 0 Å². The zero-order valence-corrected chi connectivity index (χ0v) is 23.0. The largest absolute Gasteiger partial charge is 0.484 e. The lowest BCUT2D eigenvalue weighted by molar-refractivity contribution is -0.123. The maximum Gasteiger partial charge on any atom is 0.258 e. The topological polar surface area (TPSA) is 111 Å². The standard InChI is InChI=1S/C28H26N6O3S2/c1-18-12-13-19(2)22(14-18)34-24(15-29-25(35)16-37-20-8-4-3-5-9-20)32-33-28(34)38-17-26(36)31-27-30-21-10-6-7-11-23(21)39-27/h3-14H,15-17H2,1-2H3,(H,29,35)(H,30,31,36). The van der Waals surface area contributed by atoms with E-state index >= 15 is 0 Å². The second-order valence-corrected chi connectivity index (χ2v) is 10.7. The summed E-state index contributed by atoms with van der Waals surface area (Å²) < 4.78 is 8.43. The predicted octanol–water partition coefficient (Wildman–Crippen LogP) is 4.92. The van der Waals surface area contributed by atoms with Crippen molar-refractivity contribution in [2.45, 2.75) is 25.5 Å². The molecule has 2 heterocycles. The number of hydrogen-bond acceptors (Lipinski definition) is 8. The molecule has 0 aliphatic rings. The number of nitrogens with one attached hydrogen (secondary N) is 2. The van der Waals surface area contributed by atoms with Crippen LogP contribution in [-0.2, 0) is 16.1 Å². The quantitative estimate of drug-likeness (QED) is 0.234. The summed E-state index contributed by atoms with van der Waals surface area (Å²) in [6.45, 7) is 4.04. The number of carbonyl (C=O) groups is 2. The molecule has 0 radical (unpaired) electrons. The van der Waals surface area contributed by atoms with Gasteiger partial charge in [0.1, 0.15) is 5.75 Å². The molecule has 2 N–H and O–H groups in total. The molecule has 9 nitrogen and oxygen atoms in total. The van der Waals surface area contributed by atoms with E-state index in [2.05, 4.69) is 25.8 Å². The van der Waals surface area contributed by atoms with Gasteiger partial charge in [0, 0.05) is 0 Å². The summed E-state index contributed by atoms with van der Waals surface area (Å²) in [5.74, 6) is 0.817. The number of aryl methyl sites for hydroxylation is 2. The Morgan fingerprint density at radius 3 is 2.59 bits per heavy atom. The van der Waals surface area contributed by atoms with Crippen molar-refractivity contribution in [2.75, 3.05) is 17.7 Å². The number of thiazole rings is 1. The Hall–Kier alpha value is -4.22. The van der Waals surface area contributed by atoms with Crippen molar-refractivity contribution < 1.29 is 14.3 Å². The normalized spacial score (nSPS) is 10.9. The lowest BCUT2D eigenvalue weighted by Gasteiger charge is -2.14. The van der Waals surface area contributed by atoms with Crippen molar-refractivity contribution in [3.8, 4) is 11.4 Å². The van der Waals surface area contributed by atoms with Crippen LogP contribution in [0.2, 0.25) is 0 Å². The van der Waals surface area contributed by atoms with Crippen LogP contribution in [0.4, 0.5) is 5.13 Å². The van der Waals surface area contributed by atoms with E-state index in [1.165, 1.54) is 23.1 Å². The Kier molecular flexibility index (Phi) is 8.18. The number of amides is 2. The van der Waals surface area contributed by atoms with Gasteiger partial charge in [-0.15, -0.1) is 10.2 Å². The van der Waals surface area contributed by atoms with E-state index in [1.807, 2.05) is 79.1 Å². The van der Waals surface area contributed by atoms with Gasteiger partial charge < -0.3 is 15.4 Å². The molecule has 2 aromatic heterocycles. The van der Waals surface area contributed by atoms with E-state index in [9.17, 15) is 9.59 Å². The van der Waals surface area contributed by atoms with Gasteiger partial charge in [-0.3, -0.25) is 14.2 Å². The van der Waals surface area contributed by atoms with Crippen LogP contribution in [0.25, 0.3) is 15.9 Å². The van der Waals surface area contributed by atoms with Crippen LogP contribution in [0.1, 0.15) is 17.0 Å². The van der Waals surface area contributed by atoms with Gasteiger partial charge in [-0.05, 0) is 55.3 Å². The highest BCUT2D eigenvalue weighted by Crippen LogP contribution is 2.27. The number of ether oxygens (including phenoxy) is 1. The molecule has 5 aromatic rings. The van der Waals surface area contributed by atoms with Crippen molar-refractivity contribution in [2.24, 2.45) is 0 Å². The molecule has 0 atom stereocenters. The third kappa shape index (κ3) is 6.62. The summed E-state index contributed by atoms with van der Waals surface area (Å²) in [5, 5.41) is 15.5. The van der Waals surface area contributed by atoms with Gasteiger partial charge in [0.2, 0.25) is 5.91 Å². The van der Waals surface area contributed by atoms with E-state index in [-0.39, 0.29) is 30.7 Å². The van der Waals surface area contributed by atoms with Gasteiger partial charge in [0.15, 0.2) is 22.7 Å². The molecule has 0 fully saturated rings. The number of nitrogens with zero attached hydrogens (tertiary/aromatic N) is 4. The predicted molar refractivity (Wildman–Crippen MR) is 154 cm³/mol. The second kappa shape index (κ2) is 12.1. The van der Waals surface area contributed by atoms with Crippen LogP contribution in [0.5, 0.6) is 5.75 Å². The highest BCUT2D eigenvalue weighted by molar-refractivity contribution is 7.99. The van der Waals surface area contributed by atoms with E-state index < -0.39 is 0 Å². The van der Waals surface area contributed by atoms with Gasteiger partial charge in [0.05, 0.1) is 28.2 Å². The van der Waals surface area contributed by atoms with E-state index in [4.69, 9.17) is 4.74 Å². The first kappa shape index (κ1) is 26.4. The zero-order chi connectivity index (χ0) is 27.2. The monoisotopic (exact) mass is 558 g/mol. The average Bonchev–Trinajstić information content (AvgIpc) is 3.54. The van der Waals surface area contributed by atoms with Gasteiger partial charge in [-0.1, -0.05) is 65.6 Å². The fourth-order valence-corrected chi connectivity index (χ4v) is 5.46. The Labute approximate surface area is 233 Å². The number of benzene rings is 3. The van der Waals surface area contributed by atoms with Crippen LogP contribution in [-0.4, -0.2) is 43.9 Å². The molecule has 0 aliphatic carbocycles. The first-order valence-corrected chi connectivity index (χ1v) is 14.0.